The van der Waals surface area contributed by atoms with Crippen molar-refractivity contribution in [2.24, 2.45) is 35.5 Å². The molecule has 0 amide bonds. The molecule has 4 aliphatic carbocycles. The van der Waals surface area contributed by atoms with Gasteiger partial charge in [0, 0.05) is 25.7 Å². The molecule has 192 valence electrons. The van der Waals surface area contributed by atoms with E-state index in [4.69, 9.17) is 18.9 Å². The highest BCUT2D eigenvalue weighted by Gasteiger charge is 2.70. The van der Waals surface area contributed by atoms with E-state index in [1.54, 1.807) is 0 Å². The van der Waals surface area contributed by atoms with Crippen LogP contribution in [0, 0.1) is 35.5 Å². The van der Waals surface area contributed by atoms with Crippen LogP contribution in [-0.4, -0.2) is 47.3 Å². The normalized spacial score (nSPS) is 42.4. The van der Waals surface area contributed by atoms with Crippen LogP contribution in [0.1, 0.15) is 57.8 Å². The quantitative estimate of drug-likeness (QED) is 0.367. The number of carbonyl (C=O) groups is 4. The molecule has 2 saturated heterocycles. The van der Waals surface area contributed by atoms with Gasteiger partial charge in [0.2, 0.25) is 0 Å². The maximum atomic E-state index is 14.5. The van der Waals surface area contributed by atoms with Crippen molar-refractivity contribution in [3.8, 4) is 0 Å². The van der Waals surface area contributed by atoms with Crippen LogP contribution in [0.3, 0.4) is 0 Å². The molecular weight excluding hydrogens is 480 g/mol. The van der Waals surface area contributed by atoms with Gasteiger partial charge in [-0.25, -0.2) is 9.59 Å². The Morgan fingerprint density at radius 1 is 0.771 bits per heavy atom. The summed E-state index contributed by atoms with van der Waals surface area (Å²) >= 11 is 0. The summed E-state index contributed by atoms with van der Waals surface area (Å²) in [4.78, 5) is 48.3. The third-order valence-corrected chi connectivity index (χ3v) is 8.86. The molecule has 8 nitrogen and oxygen atoms in total. The highest BCUT2D eigenvalue weighted by Crippen LogP contribution is 2.62. The smallest absolute Gasteiger partial charge is 0.380 e. The Labute approximate surface area is 196 Å². The Bertz CT molecular complexity index is 937. The zero-order valence-corrected chi connectivity index (χ0v) is 18.6. The lowest BCUT2D eigenvalue weighted by Gasteiger charge is -2.32. The monoisotopic (exact) mass is 504 g/mol. The van der Waals surface area contributed by atoms with E-state index in [1.807, 2.05) is 0 Å². The molecule has 0 N–H and O–H groups in total. The van der Waals surface area contributed by atoms with Gasteiger partial charge in [-0.1, -0.05) is 0 Å². The number of halogens is 4. The molecule has 6 rings (SSSR count). The van der Waals surface area contributed by atoms with Crippen molar-refractivity contribution in [1.82, 2.24) is 0 Å². The minimum absolute atomic E-state index is 0.0477. The molecule has 0 aromatic rings. The fraction of sp³-hybridized carbons (Fsp3) is 0.826. The summed E-state index contributed by atoms with van der Waals surface area (Å²) in [5, 5.41) is 0. The molecule has 0 radical (unpaired) electrons. The van der Waals surface area contributed by atoms with E-state index in [-0.39, 0.29) is 24.7 Å². The van der Waals surface area contributed by atoms with E-state index in [9.17, 15) is 36.7 Å². The number of hydrogen-bond acceptors (Lipinski definition) is 8. The average molecular weight is 504 g/mol. The zero-order valence-electron chi connectivity index (χ0n) is 18.6. The highest BCUT2D eigenvalue weighted by molar-refractivity contribution is 5.82. The lowest BCUT2D eigenvalue weighted by molar-refractivity contribution is -0.240. The first-order valence-electron chi connectivity index (χ1n) is 12.0. The van der Waals surface area contributed by atoms with Gasteiger partial charge in [-0.15, -0.1) is 0 Å². The standard InChI is InChI=1S/C23H24F4O8/c24-20(25,18(30)34-22-8-10-4-12(14(22)6-10)16(28)32-22)2-1-3-21(26,27)19(31)35-23-9-11-5-13(15(23)7-11)17(29)33-23/h10-15H,1-9H2. The third kappa shape index (κ3) is 3.30. The molecule has 8 atom stereocenters. The van der Waals surface area contributed by atoms with Crippen molar-refractivity contribution >= 4 is 23.9 Å². The van der Waals surface area contributed by atoms with Gasteiger partial charge in [-0.05, 0) is 43.9 Å². The Morgan fingerprint density at radius 3 is 1.54 bits per heavy atom. The molecule has 2 heterocycles. The first-order valence-corrected chi connectivity index (χ1v) is 12.0. The molecule has 0 aromatic heterocycles. The van der Waals surface area contributed by atoms with Crippen molar-refractivity contribution in [1.29, 1.82) is 0 Å². The molecule has 2 aliphatic heterocycles. The molecule has 8 unspecified atom stereocenters. The Balaban J connectivity index is 1.03. The minimum Gasteiger partial charge on any atom is -0.422 e. The zero-order chi connectivity index (χ0) is 25.0. The molecule has 4 bridgehead atoms. The Hall–Kier alpha value is -2.40. The van der Waals surface area contributed by atoms with Crippen LogP contribution < -0.4 is 0 Å². The number of hydrogen-bond donors (Lipinski definition) is 0. The number of ether oxygens (including phenoxy) is 4. The molecule has 35 heavy (non-hydrogen) atoms. The van der Waals surface area contributed by atoms with E-state index < -0.39 is 90.2 Å². The predicted molar refractivity (Wildman–Crippen MR) is 102 cm³/mol. The van der Waals surface area contributed by atoms with E-state index in [2.05, 4.69) is 0 Å². The van der Waals surface area contributed by atoms with Crippen LogP contribution in [-0.2, 0) is 38.1 Å². The number of fused-ring (bicyclic) bond motifs is 2. The van der Waals surface area contributed by atoms with Gasteiger partial charge in [-0.2, -0.15) is 17.6 Å². The first kappa shape index (κ1) is 23.0. The van der Waals surface area contributed by atoms with Crippen molar-refractivity contribution in [3.63, 3.8) is 0 Å². The van der Waals surface area contributed by atoms with E-state index in [0.717, 1.165) is 0 Å². The highest BCUT2D eigenvalue weighted by atomic mass is 19.3. The molecular formula is C23H24F4O8. The third-order valence-electron chi connectivity index (χ3n) is 8.86. The summed E-state index contributed by atoms with van der Waals surface area (Å²) in [6.07, 6.45) is -0.911. The van der Waals surface area contributed by atoms with Gasteiger partial charge in [-0.3, -0.25) is 9.59 Å². The van der Waals surface area contributed by atoms with Crippen molar-refractivity contribution in [2.45, 2.75) is 81.2 Å². The lowest BCUT2D eigenvalue weighted by atomic mass is 9.87. The fourth-order valence-corrected chi connectivity index (χ4v) is 7.42. The van der Waals surface area contributed by atoms with Crippen LogP contribution in [0.2, 0.25) is 0 Å². The van der Waals surface area contributed by atoms with Gasteiger partial charge < -0.3 is 18.9 Å². The van der Waals surface area contributed by atoms with Crippen LogP contribution in [0.25, 0.3) is 0 Å². The number of rotatable bonds is 8. The van der Waals surface area contributed by atoms with Gasteiger partial charge in [0.1, 0.15) is 0 Å². The van der Waals surface area contributed by atoms with Gasteiger partial charge >= 0.3 is 35.7 Å². The molecule has 6 fully saturated rings. The van der Waals surface area contributed by atoms with Crippen LogP contribution in [0.4, 0.5) is 17.6 Å². The Morgan fingerprint density at radius 2 is 1.17 bits per heavy atom. The molecule has 6 aliphatic rings. The molecule has 12 heteroatoms. The fourth-order valence-electron chi connectivity index (χ4n) is 7.42. The number of alkyl halides is 4. The summed E-state index contributed by atoms with van der Waals surface area (Å²) < 4.78 is 78.2. The topological polar surface area (TPSA) is 105 Å². The molecule has 0 spiro atoms. The first-order chi connectivity index (χ1) is 16.3. The Kier molecular flexibility index (Phi) is 4.66. The summed E-state index contributed by atoms with van der Waals surface area (Å²) in [7, 11) is 0. The van der Waals surface area contributed by atoms with E-state index in [1.165, 1.54) is 0 Å². The maximum Gasteiger partial charge on any atom is 0.380 e. The second-order valence-corrected chi connectivity index (χ2v) is 11.0. The van der Waals surface area contributed by atoms with Gasteiger partial charge in [0.25, 0.3) is 11.6 Å². The SMILES string of the molecule is O=C1OC2(OC(=O)C(F)(F)CCCC(F)(F)C(=O)OC34CC5CC(C(=O)O3)C4C5)CC3CC1C2C3. The second kappa shape index (κ2) is 7.09. The lowest BCUT2D eigenvalue weighted by Crippen LogP contribution is -2.45. The van der Waals surface area contributed by atoms with Crippen molar-refractivity contribution < 1.29 is 55.7 Å². The largest absolute Gasteiger partial charge is 0.422 e. The van der Waals surface area contributed by atoms with Crippen molar-refractivity contribution in [2.75, 3.05) is 0 Å². The summed E-state index contributed by atoms with van der Waals surface area (Å²) in [5.74, 6) is -18.4. The van der Waals surface area contributed by atoms with Crippen molar-refractivity contribution in [3.05, 3.63) is 0 Å². The summed E-state index contributed by atoms with van der Waals surface area (Å²) in [5.41, 5.74) is 0. The second-order valence-electron chi connectivity index (χ2n) is 11.0. The van der Waals surface area contributed by atoms with Gasteiger partial charge in [0.05, 0.1) is 23.7 Å². The van der Waals surface area contributed by atoms with E-state index >= 15 is 0 Å². The average Bonchev–Trinajstić information content (AvgIpc) is 3.53. The minimum atomic E-state index is -4.11. The van der Waals surface area contributed by atoms with Crippen LogP contribution in [0.15, 0.2) is 0 Å². The van der Waals surface area contributed by atoms with E-state index in [0.29, 0.717) is 25.7 Å². The predicted octanol–water partition coefficient (Wildman–Crippen LogP) is 3.11. The maximum absolute atomic E-state index is 14.5. The van der Waals surface area contributed by atoms with Gasteiger partial charge in [0.15, 0.2) is 0 Å². The summed E-state index contributed by atoms with van der Waals surface area (Å²) in [6.45, 7) is 0. The molecule has 0 aromatic carbocycles. The number of carbonyl (C=O) groups excluding carboxylic acids is 4. The van der Waals surface area contributed by atoms with Crippen LogP contribution >= 0.6 is 0 Å². The van der Waals surface area contributed by atoms with Crippen LogP contribution in [0.5, 0.6) is 0 Å². The molecule has 4 saturated carbocycles. The number of esters is 4. The summed E-state index contributed by atoms with van der Waals surface area (Å²) in [6, 6.07) is 0.